The van der Waals surface area contributed by atoms with Crippen molar-refractivity contribution in [3.8, 4) is 28.5 Å². The molecule has 0 amide bonds. The van der Waals surface area contributed by atoms with E-state index in [4.69, 9.17) is 14.0 Å². The first kappa shape index (κ1) is 37.7. The minimum atomic E-state index is -3.86. The molecule has 0 aliphatic carbocycles. The normalized spacial score (nSPS) is 13.6. The van der Waals surface area contributed by atoms with E-state index in [9.17, 15) is 18.9 Å². The van der Waals surface area contributed by atoms with Gasteiger partial charge in [0.1, 0.15) is 11.5 Å². The van der Waals surface area contributed by atoms with Gasteiger partial charge in [-0.1, -0.05) is 119 Å². The zero-order valence-electron chi connectivity index (χ0n) is 29.8. The van der Waals surface area contributed by atoms with Crippen molar-refractivity contribution in [3.05, 3.63) is 132 Å². The molecule has 1 heterocycles. The van der Waals surface area contributed by atoms with Crippen molar-refractivity contribution < 1.29 is 27.8 Å². The Morgan fingerprint density at radius 1 is 0.902 bits per heavy atom. The van der Waals surface area contributed by atoms with E-state index >= 15 is 0 Å². The molecule has 0 radical (unpaired) electrons. The molecule has 0 fully saturated rings. The highest BCUT2D eigenvalue weighted by Gasteiger charge is 2.52. The third kappa shape index (κ3) is 8.32. The number of aromatic nitrogens is 2. The first-order valence-electron chi connectivity index (χ1n) is 16.9. The summed E-state index contributed by atoms with van der Waals surface area (Å²) in [6.45, 7) is 10.3. The van der Waals surface area contributed by atoms with E-state index in [0.717, 1.165) is 21.8 Å². The van der Waals surface area contributed by atoms with Gasteiger partial charge in [0.05, 0.1) is 35.6 Å². The van der Waals surface area contributed by atoms with Gasteiger partial charge < -0.3 is 14.1 Å². The number of rotatable bonds is 12. The minimum absolute atomic E-state index is 0.0589. The lowest BCUT2D eigenvalue weighted by Gasteiger charge is -2.45. The first-order chi connectivity index (χ1) is 24.3. The molecule has 1 unspecified atom stereocenters. The molecular formula is C41H44FN2O5PSi. The number of carbonyl (C=O) groups is 1. The summed E-state index contributed by atoms with van der Waals surface area (Å²) in [5, 5.41) is 16.5. The molecule has 1 N–H and O–H groups in total. The summed E-state index contributed by atoms with van der Waals surface area (Å²) < 4.78 is 43.3. The molecule has 2 atom stereocenters. The Hall–Kier alpha value is -4.58. The molecular weight excluding hydrogens is 679 g/mol. The van der Waals surface area contributed by atoms with E-state index in [1.165, 1.54) is 19.2 Å². The monoisotopic (exact) mass is 722 g/mol. The highest BCUT2D eigenvalue weighted by molar-refractivity contribution is 7.64. The predicted molar refractivity (Wildman–Crippen MR) is 204 cm³/mol. The molecule has 10 heteroatoms. The summed E-state index contributed by atoms with van der Waals surface area (Å²) in [5.41, 5.74) is 6.21. The molecule has 0 aliphatic heterocycles. The fraction of sp³-hybridized carbons (Fsp3) is 0.268. The zero-order chi connectivity index (χ0) is 36.8. The average molecular weight is 723 g/mol. The lowest BCUT2D eigenvalue weighted by Crippen LogP contribution is -2.68. The van der Waals surface area contributed by atoms with E-state index in [2.05, 4.69) is 32.4 Å². The summed E-state index contributed by atoms with van der Waals surface area (Å²) in [5.74, 6) is 1.64. The zero-order valence-corrected chi connectivity index (χ0v) is 31.7. The molecule has 0 aliphatic rings. The number of hydrogen-bond donors (Lipinski definition) is 1. The first-order valence-corrected chi connectivity index (χ1v) is 20.6. The number of aliphatic carboxylic acids is 1. The van der Waals surface area contributed by atoms with Crippen molar-refractivity contribution in [2.45, 2.75) is 58.1 Å². The summed E-state index contributed by atoms with van der Waals surface area (Å²) >= 11 is 0. The highest BCUT2D eigenvalue weighted by Crippen LogP contribution is 2.48. The van der Waals surface area contributed by atoms with Crippen LogP contribution in [0.25, 0.3) is 16.9 Å². The van der Waals surface area contributed by atoms with Crippen LogP contribution in [-0.2, 0) is 18.3 Å². The number of benzene rings is 4. The largest absolute Gasteiger partial charge is 0.481 e. The molecule has 7 nitrogen and oxygen atoms in total. The van der Waals surface area contributed by atoms with E-state index < -0.39 is 39.2 Å². The van der Waals surface area contributed by atoms with Crippen LogP contribution in [0, 0.1) is 17.4 Å². The Morgan fingerprint density at radius 2 is 1.43 bits per heavy atom. The van der Waals surface area contributed by atoms with Crippen molar-refractivity contribution in [3.63, 3.8) is 0 Å². The van der Waals surface area contributed by atoms with Gasteiger partial charge in [-0.3, -0.25) is 9.36 Å². The number of carboxylic acids is 1. The standard InChI is InChI=1S/C41H44FN2O5PSi/c1-30(2)40-37(39(31-22-24-32(42)25-23-31)43-44(40)33-16-10-7-11-17-33)26-27-50(47,48-6)29-34(28-38(45)46)49-51(41(3,4)5,35-18-12-8-13-19-35)36-20-14-9-15-21-36/h7-25,30,34H,28-29H2,1-6H3,(H,45,46)/t34-,50?/m0/s1. The van der Waals surface area contributed by atoms with Gasteiger partial charge in [0.2, 0.25) is 0 Å². The fourth-order valence-corrected chi connectivity index (χ4v) is 12.7. The van der Waals surface area contributed by atoms with E-state index in [1.54, 1.807) is 12.1 Å². The topological polar surface area (TPSA) is 90.7 Å². The van der Waals surface area contributed by atoms with E-state index in [-0.39, 0.29) is 17.9 Å². The van der Waals surface area contributed by atoms with Gasteiger partial charge in [-0.05, 0) is 63.4 Å². The molecule has 5 aromatic rings. The third-order valence-electron chi connectivity index (χ3n) is 8.84. The Balaban J connectivity index is 1.65. The van der Waals surface area contributed by atoms with Gasteiger partial charge in [-0.25, -0.2) is 9.07 Å². The van der Waals surface area contributed by atoms with Gasteiger partial charge in [-0.15, -0.1) is 0 Å². The van der Waals surface area contributed by atoms with Crippen molar-refractivity contribution in [2.75, 3.05) is 13.3 Å². The number of para-hydroxylation sites is 1. The van der Waals surface area contributed by atoms with Crippen LogP contribution in [0.4, 0.5) is 4.39 Å². The van der Waals surface area contributed by atoms with Crippen molar-refractivity contribution >= 4 is 32.0 Å². The number of hydrogen-bond acceptors (Lipinski definition) is 5. The summed E-state index contributed by atoms with van der Waals surface area (Å²) in [7, 11) is -5.76. The van der Waals surface area contributed by atoms with Gasteiger partial charge in [0.25, 0.3) is 15.7 Å². The van der Waals surface area contributed by atoms with Crippen LogP contribution < -0.4 is 10.4 Å². The third-order valence-corrected chi connectivity index (χ3v) is 15.9. The van der Waals surface area contributed by atoms with Crippen LogP contribution in [0.1, 0.15) is 58.2 Å². The molecule has 51 heavy (non-hydrogen) atoms. The van der Waals surface area contributed by atoms with Crippen molar-refractivity contribution in [2.24, 2.45) is 0 Å². The second-order valence-corrected chi connectivity index (χ2v) is 20.3. The van der Waals surface area contributed by atoms with Gasteiger partial charge in [0, 0.05) is 12.7 Å². The average Bonchev–Trinajstić information content (AvgIpc) is 3.50. The van der Waals surface area contributed by atoms with Crippen LogP contribution in [0.3, 0.4) is 0 Å². The summed E-state index contributed by atoms with van der Waals surface area (Å²) in [4.78, 5) is 12.4. The summed E-state index contributed by atoms with van der Waals surface area (Å²) in [6, 6.07) is 35.4. The molecule has 0 saturated carbocycles. The maximum atomic E-state index is 14.7. The maximum absolute atomic E-state index is 14.7. The Kier molecular flexibility index (Phi) is 11.6. The number of halogens is 1. The van der Waals surface area contributed by atoms with Crippen LogP contribution in [0.15, 0.2) is 115 Å². The van der Waals surface area contributed by atoms with Gasteiger partial charge >= 0.3 is 5.97 Å². The summed E-state index contributed by atoms with van der Waals surface area (Å²) in [6.07, 6.45) is -1.64. The smallest absolute Gasteiger partial charge is 0.305 e. The van der Waals surface area contributed by atoms with Crippen molar-refractivity contribution in [1.82, 2.24) is 9.78 Å². The Bertz CT molecular complexity index is 2010. The molecule has 1 aromatic heterocycles. The highest BCUT2D eigenvalue weighted by atomic mass is 31.2. The molecule has 0 saturated heterocycles. The minimum Gasteiger partial charge on any atom is -0.481 e. The predicted octanol–water partition coefficient (Wildman–Crippen LogP) is 8.46. The SMILES string of the molecule is COP(=O)(C#Cc1c(-c2ccc(F)cc2)nn(-c2ccccc2)c1C(C)C)C[C@H](CC(=O)O)O[Si](c1ccccc1)(c1ccccc1)C(C)(C)C. The van der Waals surface area contributed by atoms with E-state index in [0.29, 0.717) is 16.8 Å². The molecule has 0 spiro atoms. The molecule has 264 valence electrons. The molecule has 4 aromatic carbocycles. The number of nitrogens with zero attached hydrogens (tertiary/aromatic N) is 2. The quantitative estimate of drug-likeness (QED) is 0.0790. The Labute approximate surface area is 301 Å². The Morgan fingerprint density at radius 3 is 1.90 bits per heavy atom. The second kappa shape index (κ2) is 15.8. The van der Waals surface area contributed by atoms with Crippen LogP contribution in [0.2, 0.25) is 5.04 Å². The van der Waals surface area contributed by atoms with Gasteiger partial charge in [0.15, 0.2) is 0 Å². The van der Waals surface area contributed by atoms with Crippen LogP contribution >= 0.6 is 7.37 Å². The lowest BCUT2D eigenvalue weighted by atomic mass is 10.0. The van der Waals surface area contributed by atoms with Crippen LogP contribution in [0.5, 0.6) is 0 Å². The molecule has 5 rings (SSSR count). The van der Waals surface area contributed by atoms with Gasteiger partial charge in [-0.2, -0.15) is 5.10 Å². The van der Waals surface area contributed by atoms with Crippen LogP contribution in [-0.4, -0.2) is 48.5 Å². The number of carboxylic acid groups (broad SMARTS) is 1. The lowest BCUT2D eigenvalue weighted by molar-refractivity contribution is -0.138. The second-order valence-electron chi connectivity index (χ2n) is 13.8. The van der Waals surface area contributed by atoms with E-state index in [1.807, 2.05) is 110 Å². The van der Waals surface area contributed by atoms with Crippen molar-refractivity contribution in [1.29, 1.82) is 0 Å². The fourth-order valence-electron chi connectivity index (χ4n) is 6.52. The molecule has 0 bridgehead atoms. The maximum Gasteiger partial charge on any atom is 0.305 e.